The van der Waals surface area contributed by atoms with Crippen molar-refractivity contribution in [2.45, 2.75) is 4.43 Å². The topological polar surface area (TPSA) is 112 Å². The lowest BCUT2D eigenvalue weighted by atomic mass is 10.1. The van der Waals surface area contributed by atoms with E-state index in [0.29, 0.717) is 17.0 Å². The van der Waals surface area contributed by atoms with Crippen molar-refractivity contribution in [3.63, 3.8) is 0 Å². The van der Waals surface area contributed by atoms with Crippen LogP contribution in [0.4, 0.5) is 11.8 Å². The van der Waals surface area contributed by atoms with E-state index < -0.39 is 0 Å². The molecule has 0 atom stereocenters. The van der Waals surface area contributed by atoms with E-state index in [1.165, 1.54) is 0 Å². The second-order valence-corrected chi connectivity index (χ2v) is 6.45. The number of benzene rings is 1. The van der Waals surface area contributed by atoms with Gasteiger partial charge in [0.1, 0.15) is 5.82 Å². The predicted molar refractivity (Wildman–Crippen MR) is 111 cm³/mol. The fourth-order valence-corrected chi connectivity index (χ4v) is 3.15. The number of anilines is 2. The highest BCUT2D eigenvalue weighted by molar-refractivity contribution is 14.1. The normalized spacial score (nSPS) is 10.9. The van der Waals surface area contributed by atoms with Crippen LogP contribution in [0.1, 0.15) is 16.1 Å². The van der Waals surface area contributed by atoms with E-state index in [9.17, 15) is 4.79 Å². The minimum atomic E-state index is -0.346. The summed E-state index contributed by atoms with van der Waals surface area (Å²) in [5, 5.41) is 7.99. The number of alkyl halides is 1. The Kier molecular flexibility index (Phi) is 4.67. The molecular weight excluding hydrogens is 457 g/mol. The average Bonchev–Trinajstić information content (AvgIpc) is 3.07. The first kappa shape index (κ1) is 17.3. The third kappa shape index (κ3) is 3.45. The fourth-order valence-electron chi connectivity index (χ4n) is 2.68. The smallest absolute Gasteiger partial charge is 0.277 e. The van der Waals surface area contributed by atoms with Crippen LogP contribution in [-0.2, 0) is 4.43 Å². The maximum absolute atomic E-state index is 12.8. The van der Waals surface area contributed by atoms with Crippen LogP contribution in [0.3, 0.4) is 0 Å². The van der Waals surface area contributed by atoms with Crippen molar-refractivity contribution in [1.82, 2.24) is 24.7 Å². The van der Waals surface area contributed by atoms with E-state index in [-0.39, 0.29) is 17.5 Å². The van der Waals surface area contributed by atoms with Gasteiger partial charge in [-0.05, 0) is 23.8 Å². The molecule has 3 heterocycles. The number of fused-ring (bicyclic) bond motifs is 1. The van der Waals surface area contributed by atoms with E-state index in [2.05, 4.69) is 48.0 Å². The summed E-state index contributed by atoms with van der Waals surface area (Å²) in [6.07, 6.45) is 3.17. The van der Waals surface area contributed by atoms with Gasteiger partial charge in [-0.25, -0.2) is 14.6 Å². The second kappa shape index (κ2) is 7.27. The quantitative estimate of drug-likeness (QED) is 0.350. The monoisotopic (exact) mass is 471 g/mol. The van der Waals surface area contributed by atoms with Crippen LogP contribution >= 0.6 is 22.6 Å². The molecule has 1 aromatic carbocycles. The number of hydrogen-bond donors (Lipinski definition) is 2. The molecule has 0 unspecified atom stereocenters. The van der Waals surface area contributed by atoms with Gasteiger partial charge in [-0.1, -0.05) is 40.8 Å². The number of rotatable bonds is 4. The van der Waals surface area contributed by atoms with Crippen molar-refractivity contribution in [3.8, 4) is 5.82 Å². The largest absolute Gasteiger partial charge is 0.368 e. The molecule has 0 spiro atoms. The van der Waals surface area contributed by atoms with E-state index in [1.54, 1.807) is 41.3 Å². The van der Waals surface area contributed by atoms with Gasteiger partial charge in [0.2, 0.25) is 5.95 Å². The second-order valence-electron chi connectivity index (χ2n) is 5.69. The molecule has 1 amide bonds. The number of pyridine rings is 1. The Labute approximate surface area is 168 Å². The molecule has 0 aliphatic heterocycles. The Bertz CT molecular complexity index is 1130. The minimum Gasteiger partial charge on any atom is -0.368 e. The van der Waals surface area contributed by atoms with Crippen LogP contribution in [0, 0.1) is 0 Å². The third-order valence-corrected chi connectivity index (χ3v) is 4.78. The predicted octanol–water partition coefficient (Wildman–Crippen LogP) is 2.98. The van der Waals surface area contributed by atoms with Crippen LogP contribution < -0.4 is 11.1 Å². The molecule has 8 nitrogen and oxygen atoms in total. The van der Waals surface area contributed by atoms with Gasteiger partial charge in [0.25, 0.3) is 5.91 Å². The van der Waals surface area contributed by atoms with Crippen LogP contribution in [0.25, 0.3) is 16.7 Å². The van der Waals surface area contributed by atoms with Crippen molar-refractivity contribution in [2.24, 2.45) is 0 Å². The summed E-state index contributed by atoms with van der Waals surface area (Å²) < 4.78 is 2.44. The van der Waals surface area contributed by atoms with Gasteiger partial charge in [-0.15, -0.1) is 0 Å². The first-order valence-corrected chi connectivity index (χ1v) is 9.57. The van der Waals surface area contributed by atoms with Gasteiger partial charge in [0, 0.05) is 28.3 Å². The molecule has 0 bridgehead atoms. The van der Waals surface area contributed by atoms with Crippen molar-refractivity contribution < 1.29 is 4.79 Å². The fraction of sp³-hybridized carbons (Fsp3) is 0.0556. The maximum atomic E-state index is 12.8. The van der Waals surface area contributed by atoms with Crippen molar-refractivity contribution in [2.75, 3.05) is 11.1 Å². The Hall–Kier alpha value is -3.08. The van der Waals surface area contributed by atoms with Crippen LogP contribution in [-0.4, -0.2) is 30.6 Å². The summed E-state index contributed by atoms with van der Waals surface area (Å²) >= 11 is 2.29. The van der Waals surface area contributed by atoms with Crippen LogP contribution in [0.5, 0.6) is 0 Å². The van der Waals surface area contributed by atoms with Crippen molar-refractivity contribution >= 4 is 51.2 Å². The molecule has 0 saturated carbocycles. The molecular formula is C18H14IN7O. The summed E-state index contributed by atoms with van der Waals surface area (Å²) in [4.78, 5) is 25.1. The highest BCUT2D eigenvalue weighted by Crippen LogP contribution is 2.24. The molecule has 3 aromatic heterocycles. The number of carbonyl (C=O) groups is 1. The zero-order chi connectivity index (χ0) is 18.8. The molecule has 0 saturated heterocycles. The number of nitrogens with one attached hydrogen (secondary N) is 1. The molecule has 0 fully saturated rings. The summed E-state index contributed by atoms with van der Waals surface area (Å²) in [7, 11) is 0. The summed E-state index contributed by atoms with van der Waals surface area (Å²) in [6.45, 7) is 0. The summed E-state index contributed by atoms with van der Waals surface area (Å²) in [5.74, 6) is 0.748. The minimum absolute atomic E-state index is 0.140. The molecule has 4 rings (SSSR count). The Balaban J connectivity index is 1.85. The number of halogens is 1. The molecule has 9 heteroatoms. The van der Waals surface area contributed by atoms with Gasteiger partial charge < -0.3 is 11.1 Å². The first-order chi connectivity index (χ1) is 13.2. The lowest BCUT2D eigenvalue weighted by Crippen LogP contribution is -2.14. The van der Waals surface area contributed by atoms with Gasteiger partial charge in [0.05, 0.1) is 5.52 Å². The Morgan fingerprint density at radius 1 is 1.15 bits per heavy atom. The van der Waals surface area contributed by atoms with E-state index in [4.69, 9.17) is 5.73 Å². The number of nitrogens with two attached hydrogens (primary N) is 1. The zero-order valence-electron chi connectivity index (χ0n) is 14.0. The van der Waals surface area contributed by atoms with Gasteiger partial charge >= 0.3 is 0 Å². The third-order valence-electron chi connectivity index (χ3n) is 3.90. The Morgan fingerprint density at radius 2 is 2.04 bits per heavy atom. The van der Waals surface area contributed by atoms with Crippen LogP contribution in [0.15, 0.2) is 54.9 Å². The standard InChI is InChI=1S/C18H14IN7O/c19-10-11-4-5-12-13(9-11)26(15-6-8-22-18(20)24-15)25-16(12)17(27)23-14-3-1-2-7-21-14/h1-9H,10H2,(H2,20,22,24)(H,21,23,27). The van der Waals surface area contributed by atoms with E-state index in [0.717, 1.165) is 15.5 Å². The van der Waals surface area contributed by atoms with Crippen LogP contribution in [0.2, 0.25) is 0 Å². The Morgan fingerprint density at radius 3 is 2.78 bits per heavy atom. The van der Waals surface area contributed by atoms with Crippen molar-refractivity contribution in [1.29, 1.82) is 0 Å². The van der Waals surface area contributed by atoms with E-state index in [1.807, 2.05) is 18.2 Å². The zero-order valence-corrected chi connectivity index (χ0v) is 16.2. The molecule has 0 radical (unpaired) electrons. The molecule has 0 aliphatic carbocycles. The number of carbonyl (C=O) groups excluding carboxylic acids is 1. The lowest BCUT2D eigenvalue weighted by Gasteiger charge is -2.03. The molecule has 3 N–H and O–H groups in total. The van der Waals surface area contributed by atoms with Gasteiger partial charge in [0.15, 0.2) is 11.5 Å². The summed E-state index contributed by atoms with van der Waals surface area (Å²) in [6, 6.07) is 12.9. The molecule has 134 valence electrons. The maximum Gasteiger partial charge on any atom is 0.277 e. The average molecular weight is 471 g/mol. The molecule has 27 heavy (non-hydrogen) atoms. The first-order valence-electron chi connectivity index (χ1n) is 8.04. The van der Waals surface area contributed by atoms with Gasteiger partial charge in [-0.3, -0.25) is 4.79 Å². The number of aromatic nitrogens is 5. The highest BCUT2D eigenvalue weighted by Gasteiger charge is 2.19. The van der Waals surface area contributed by atoms with E-state index >= 15 is 0 Å². The number of nitrogen functional groups attached to an aromatic ring is 1. The van der Waals surface area contributed by atoms with Gasteiger partial charge in [-0.2, -0.15) is 10.1 Å². The highest BCUT2D eigenvalue weighted by atomic mass is 127. The molecule has 0 aliphatic rings. The van der Waals surface area contributed by atoms with Crippen molar-refractivity contribution in [3.05, 3.63) is 66.1 Å². The number of amides is 1. The SMILES string of the molecule is Nc1nccc(-n2nc(C(=O)Nc3ccccn3)c3ccc(CI)cc32)n1. The number of hydrogen-bond acceptors (Lipinski definition) is 6. The number of nitrogens with zero attached hydrogens (tertiary/aromatic N) is 5. The summed E-state index contributed by atoms with van der Waals surface area (Å²) in [5.41, 5.74) is 7.88. The molecule has 4 aromatic rings. The lowest BCUT2D eigenvalue weighted by molar-refractivity contribution is 0.102.